The van der Waals surface area contributed by atoms with Crippen LogP contribution in [0.2, 0.25) is 0 Å². The molecule has 0 heterocycles. The van der Waals surface area contributed by atoms with Gasteiger partial charge in [0, 0.05) is 6.92 Å². The number of halogens is 2. The standard InChI is InChI=1S/C3H3F2O/c1-2(6)3(4)5/h3H,1H2. The second-order valence-corrected chi connectivity index (χ2v) is 0.767. The monoisotopic (exact) mass is 93.0 g/mol. The van der Waals surface area contributed by atoms with E-state index in [-0.39, 0.29) is 0 Å². The second-order valence-electron chi connectivity index (χ2n) is 0.767. The molecule has 0 atom stereocenters. The summed E-state index contributed by atoms with van der Waals surface area (Å²) in [5, 5.41) is 0. The van der Waals surface area contributed by atoms with Crippen LogP contribution < -0.4 is 0 Å². The van der Waals surface area contributed by atoms with E-state index in [9.17, 15) is 13.6 Å². The summed E-state index contributed by atoms with van der Waals surface area (Å²) < 4.78 is 21.5. The van der Waals surface area contributed by atoms with Gasteiger partial charge in [0.15, 0.2) is 5.78 Å². The summed E-state index contributed by atoms with van der Waals surface area (Å²) in [5.74, 6) is -1.32. The molecule has 6 heavy (non-hydrogen) atoms. The maximum absolute atomic E-state index is 10.7. The molecule has 0 unspecified atom stereocenters. The van der Waals surface area contributed by atoms with Gasteiger partial charge in [-0.05, 0) is 0 Å². The Hall–Kier alpha value is -0.470. The highest BCUT2D eigenvalue weighted by atomic mass is 19.3. The lowest BCUT2D eigenvalue weighted by molar-refractivity contribution is -0.124. The third-order valence-corrected chi connectivity index (χ3v) is 0.243. The fourth-order valence-corrected chi connectivity index (χ4v) is 0. The Morgan fingerprint density at radius 3 is 1.83 bits per heavy atom. The summed E-state index contributed by atoms with van der Waals surface area (Å²) in [6.45, 7) is 2.45. The average Bonchev–Trinajstić information content (AvgIpc) is 1.36. The van der Waals surface area contributed by atoms with Gasteiger partial charge in [0.2, 0.25) is 0 Å². The average molecular weight is 93.1 g/mol. The van der Waals surface area contributed by atoms with E-state index in [4.69, 9.17) is 0 Å². The molecule has 0 aromatic carbocycles. The smallest absolute Gasteiger partial charge is 0.293 e. The molecular weight excluding hydrogens is 90.0 g/mol. The summed E-state index contributed by atoms with van der Waals surface area (Å²) in [4.78, 5) is 9.28. The maximum Gasteiger partial charge on any atom is 0.295 e. The van der Waals surface area contributed by atoms with E-state index >= 15 is 0 Å². The van der Waals surface area contributed by atoms with Crippen LogP contribution in [0.1, 0.15) is 0 Å². The molecule has 0 amide bonds. The van der Waals surface area contributed by atoms with Gasteiger partial charge in [-0.15, -0.1) is 0 Å². The van der Waals surface area contributed by atoms with E-state index < -0.39 is 12.2 Å². The predicted octanol–water partition coefficient (Wildman–Crippen LogP) is 0.655. The van der Waals surface area contributed by atoms with E-state index in [1.54, 1.807) is 0 Å². The van der Waals surface area contributed by atoms with Gasteiger partial charge in [0.1, 0.15) is 0 Å². The largest absolute Gasteiger partial charge is 0.295 e. The Bertz CT molecular complexity index is 59.8. The van der Waals surface area contributed by atoms with E-state index in [1.165, 1.54) is 0 Å². The van der Waals surface area contributed by atoms with Crippen LogP contribution in [-0.2, 0) is 4.79 Å². The van der Waals surface area contributed by atoms with Crippen molar-refractivity contribution in [1.82, 2.24) is 0 Å². The molecule has 0 aromatic rings. The number of ketones is 1. The van der Waals surface area contributed by atoms with Crippen molar-refractivity contribution >= 4 is 5.78 Å². The number of carbonyl (C=O) groups excluding carboxylic acids is 1. The first-order chi connectivity index (χ1) is 2.64. The minimum atomic E-state index is -2.90. The van der Waals surface area contributed by atoms with Crippen LogP contribution in [0.3, 0.4) is 0 Å². The Kier molecular flexibility index (Phi) is 1.70. The van der Waals surface area contributed by atoms with Gasteiger partial charge in [0.05, 0.1) is 0 Å². The van der Waals surface area contributed by atoms with Crippen LogP contribution in [0.5, 0.6) is 0 Å². The summed E-state index contributed by atoms with van der Waals surface area (Å²) in [6, 6.07) is 0. The zero-order valence-electron chi connectivity index (χ0n) is 2.95. The highest BCUT2D eigenvalue weighted by Crippen LogP contribution is 1.89. The third-order valence-electron chi connectivity index (χ3n) is 0.243. The van der Waals surface area contributed by atoms with Crippen LogP contribution in [0.25, 0.3) is 0 Å². The SMILES string of the molecule is [CH2]C(=O)C(F)F. The molecule has 1 nitrogen and oxygen atoms in total. The van der Waals surface area contributed by atoms with Crippen LogP contribution in [0.15, 0.2) is 0 Å². The zero-order valence-corrected chi connectivity index (χ0v) is 2.95. The van der Waals surface area contributed by atoms with Crippen molar-refractivity contribution in [1.29, 1.82) is 0 Å². The Labute approximate surface area is 34.0 Å². The van der Waals surface area contributed by atoms with Crippen LogP contribution >= 0.6 is 0 Å². The molecule has 1 radical (unpaired) electrons. The molecule has 35 valence electrons. The Balaban J connectivity index is 3.26. The summed E-state index contributed by atoms with van der Waals surface area (Å²) >= 11 is 0. The molecule has 0 saturated carbocycles. The molecular formula is C3H3F2O. The predicted molar refractivity (Wildman–Crippen MR) is 16.4 cm³/mol. The lowest BCUT2D eigenvalue weighted by Gasteiger charge is -1.82. The van der Waals surface area contributed by atoms with Gasteiger partial charge < -0.3 is 0 Å². The van der Waals surface area contributed by atoms with Crippen molar-refractivity contribution in [3.8, 4) is 0 Å². The summed E-state index contributed by atoms with van der Waals surface area (Å²) in [5.41, 5.74) is 0. The maximum atomic E-state index is 10.7. The van der Waals surface area contributed by atoms with Gasteiger partial charge in [-0.2, -0.15) is 0 Å². The van der Waals surface area contributed by atoms with Gasteiger partial charge >= 0.3 is 0 Å². The molecule has 0 bridgehead atoms. The van der Waals surface area contributed by atoms with E-state index in [0.717, 1.165) is 0 Å². The first-order valence-corrected chi connectivity index (χ1v) is 1.28. The number of rotatable bonds is 1. The summed E-state index contributed by atoms with van der Waals surface area (Å²) in [6.07, 6.45) is -2.90. The van der Waals surface area contributed by atoms with Crippen LogP contribution in [0.4, 0.5) is 8.78 Å². The van der Waals surface area contributed by atoms with E-state index in [2.05, 4.69) is 6.92 Å². The molecule has 0 aromatic heterocycles. The Morgan fingerprint density at radius 2 is 1.83 bits per heavy atom. The van der Waals surface area contributed by atoms with Crippen molar-refractivity contribution in [2.45, 2.75) is 6.43 Å². The van der Waals surface area contributed by atoms with Crippen molar-refractivity contribution in [3.63, 3.8) is 0 Å². The fraction of sp³-hybridized carbons (Fsp3) is 0.333. The number of alkyl halides is 2. The molecule has 0 saturated heterocycles. The summed E-state index contributed by atoms with van der Waals surface area (Å²) in [7, 11) is 0. The van der Waals surface area contributed by atoms with Gasteiger partial charge in [-0.1, -0.05) is 0 Å². The van der Waals surface area contributed by atoms with E-state index in [1.807, 2.05) is 0 Å². The molecule has 3 heteroatoms. The normalized spacial score (nSPS) is 9.33. The quantitative estimate of drug-likeness (QED) is 0.465. The fourth-order valence-electron chi connectivity index (χ4n) is 0. The van der Waals surface area contributed by atoms with Gasteiger partial charge in [-0.25, -0.2) is 8.78 Å². The van der Waals surface area contributed by atoms with Gasteiger partial charge in [-0.3, -0.25) is 4.79 Å². The highest BCUT2D eigenvalue weighted by Gasteiger charge is 2.05. The van der Waals surface area contributed by atoms with Crippen molar-refractivity contribution in [2.24, 2.45) is 0 Å². The first kappa shape index (κ1) is 5.53. The van der Waals surface area contributed by atoms with Crippen molar-refractivity contribution in [2.75, 3.05) is 0 Å². The second kappa shape index (κ2) is 1.85. The lowest BCUT2D eigenvalue weighted by atomic mass is 10.5. The molecule has 0 aliphatic rings. The molecule has 0 fully saturated rings. The molecule has 0 N–H and O–H groups in total. The zero-order chi connectivity index (χ0) is 5.15. The van der Waals surface area contributed by atoms with E-state index in [0.29, 0.717) is 0 Å². The highest BCUT2D eigenvalue weighted by molar-refractivity contribution is 5.85. The van der Waals surface area contributed by atoms with Crippen molar-refractivity contribution in [3.05, 3.63) is 6.92 Å². The number of hydrogen-bond acceptors (Lipinski definition) is 1. The number of Topliss-reactive ketones (excluding diaryl/α,β-unsaturated/α-hetero) is 1. The number of hydrogen-bond donors (Lipinski definition) is 0. The minimum absolute atomic E-state index is 1.32. The van der Waals surface area contributed by atoms with Crippen LogP contribution in [0, 0.1) is 6.92 Å². The topological polar surface area (TPSA) is 17.1 Å². The minimum Gasteiger partial charge on any atom is -0.293 e. The van der Waals surface area contributed by atoms with Crippen LogP contribution in [-0.4, -0.2) is 12.2 Å². The first-order valence-electron chi connectivity index (χ1n) is 1.28. The molecule has 0 rings (SSSR count). The van der Waals surface area contributed by atoms with Crippen molar-refractivity contribution < 1.29 is 13.6 Å². The lowest BCUT2D eigenvalue weighted by Crippen LogP contribution is -2.02. The molecule has 0 aliphatic carbocycles. The number of carbonyl (C=O) groups is 1. The molecule has 0 aliphatic heterocycles. The molecule has 0 spiro atoms. The Morgan fingerprint density at radius 1 is 1.67 bits per heavy atom. The third kappa shape index (κ3) is 1.81. The van der Waals surface area contributed by atoms with Gasteiger partial charge in [0.25, 0.3) is 6.43 Å².